The minimum absolute atomic E-state index is 0.0707. The third kappa shape index (κ3) is 5.37. The molecular weight excluding hydrogens is 430 g/mol. The molecule has 2 aromatic carbocycles. The number of halogens is 1. The van der Waals surface area contributed by atoms with Crippen molar-refractivity contribution in [2.45, 2.75) is 51.7 Å². The maximum atomic E-state index is 11.1. The second-order valence-corrected chi connectivity index (χ2v) is 9.93. The van der Waals surface area contributed by atoms with Crippen LogP contribution in [0, 0.1) is 0 Å². The van der Waals surface area contributed by atoms with Gasteiger partial charge in [-0.3, -0.25) is 9.69 Å². The number of nitrogens with zero attached hydrogens (tertiary/aromatic N) is 3. The molecule has 1 aliphatic heterocycles. The van der Waals surface area contributed by atoms with Gasteiger partial charge in [0.2, 0.25) is 0 Å². The standard InChI is InChI=1S/C24H28ClN3O2S/c1-16(2)28(15-18-5-3-4-17(12-18)13-23(29)30)20-8-10-27(11-9-20)24-26-21-7-6-19(25)14-22(21)31-24/h3-7,12,14,16,20H,8-11,13,15H2,1-2H3,(H,29,30). The first-order valence-corrected chi connectivity index (χ1v) is 11.9. The van der Waals surface area contributed by atoms with E-state index in [1.165, 1.54) is 5.56 Å². The molecule has 4 rings (SSSR count). The average Bonchev–Trinajstić information content (AvgIpc) is 3.15. The van der Waals surface area contributed by atoms with Gasteiger partial charge in [-0.25, -0.2) is 4.98 Å². The molecular formula is C24H28ClN3O2S. The van der Waals surface area contributed by atoms with Crippen LogP contribution in [0.3, 0.4) is 0 Å². The van der Waals surface area contributed by atoms with Crippen LogP contribution in [0.2, 0.25) is 5.02 Å². The summed E-state index contributed by atoms with van der Waals surface area (Å²) in [6.45, 7) is 7.30. The Balaban J connectivity index is 1.42. The van der Waals surface area contributed by atoms with E-state index in [9.17, 15) is 4.79 Å². The van der Waals surface area contributed by atoms with Crippen molar-refractivity contribution in [3.63, 3.8) is 0 Å². The predicted octanol–water partition coefficient (Wildman–Crippen LogP) is 5.46. The Morgan fingerprint density at radius 3 is 2.68 bits per heavy atom. The lowest BCUT2D eigenvalue weighted by atomic mass is 10.00. The zero-order chi connectivity index (χ0) is 22.0. The molecule has 0 bridgehead atoms. The molecule has 0 amide bonds. The number of fused-ring (bicyclic) bond motifs is 1. The van der Waals surface area contributed by atoms with Crippen molar-refractivity contribution < 1.29 is 9.90 Å². The zero-order valence-corrected chi connectivity index (χ0v) is 19.5. The number of carboxylic acids is 1. The summed E-state index contributed by atoms with van der Waals surface area (Å²) in [5.74, 6) is -0.789. The van der Waals surface area contributed by atoms with E-state index < -0.39 is 5.97 Å². The highest BCUT2D eigenvalue weighted by atomic mass is 35.5. The Kier molecular flexibility index (Phi) is 6.80. The molecule has 0 unspecified atom stereocenters. The van der Waals surface area contributed by atoms with Gasteiger partial charge in [0.25, 0.3) is 0 Å². The Morgan fingerprint density at radius 1 is 1.23 bits per heavy atom. The van der Waals surface area contributed by atoms with Gasteiger partial charge in [-0.1, -0.05) is 47.2 Å². The number of carboxylic acid groups (broad SMARTS) is 1. The van der Waals surface area contributed by atoms with Gasteiger partial charge in [0.15, 0.2) is 5.13 Å². The number of carbonyl (C=O) groups is 1. The van der Waals surface area contributed by atoms with E-state index in [1.807, 2.05) is 36.4 Å². The fourth-order valence-electron chi connectivity index (χ4n) is 4.37. The first-order valence-electron chi connectivity index (χ1n) is 10.8. The highest BCUT2D eigenvalue weighted by Gasteiger charge is 2.27. The summed E-state index contributed by atoms with van der Waals surface area (Å²) in [4.78, 5) is 20.8. The number of anilines is 1. The summed E-state index contributed by atoms with van der Waals surface area (Å²) >= 11 is 7.84. The van der Waals surface area contributed by atoms with Gasteiger partial charge < -0.3 is 10.0 Å². The van der Waals surface area contributed by atoms with Crippen LogP contribution in [0.15, 0.2) is 42.5 Å². The first-order chi connectivity index (χ1) is 14.9. The van der Waals surface area contributed by atoms with Crippen molar-refractivity contribution in [1.29, 1.82) is 0 Å². The molecule has 1 fully saturated rings. The smallest absolute Gasteiger partial charge is 0.307 e. The van der Waals surface area contributed by atoms with E-state index in [2.05, 4.69) is 29.7 Å². The summed E-state index contributed by atoms with van der Waals surface area (Å²) in [6.07, 6.45) is 2.24. The third-order valence-electron chi connectivity index (χ3n) is 5.92. The molecule has 7 heteroatoms. The van der Waals surface area contributed by atoms with Gasteiger partial charge in [-0.05, 0) is 56.0 Å². The summed E-state index contributed by atoms with van der Waals surface area (Å²) < 4.78 is 1.13. The molecule has 0 spiro atoms. The normalized spacial score (nSPS) is 15.3. The van der Waals surface area contributed by atoms with E-state index in [0.29, 0.717) is 12.1 Å². The van der Waals surface area contributed by atoms with Gasteiger partial charge in [-0.2, -0.15) is 0 Å². The predicted molar refractivity (Wildman–Crippen MR) is 128 cm³/mol. The molecule has 1 saturated heterocycles. The number of hydrogen-bond acceptors (Lipinski definition) is 5. The van der Waals surface area contributed by atoms with Crippen molar-refractivity contribution in [2.24, 2.45) is 0 Å². The Bertz CT molecular complexity index is 1060. The van der Waals surface area contributed by atoms with Gasteiger partial charge in [0.05, 0.1) is 16.6 Å². The van der Waals surface area contributed by atoms with Crippen LogP contribution >= 0.6 is 22.9 Å². The van der Waals surface area contributed by atoms with Gasteiger partial charge >= 0.3 is 5.97 Å². The molecule has 0 aliphatic carbocycles. The number of aliphatic carboxylic acids is 1. The van der Waals surface area contributed by atoms with Gasteiger partial charge in [0, 0.05) is 36.7 Å². The van der Waals surface area contributed by atoms with E-state index in [4.69, 9.17) is 21.7 Å². The van der Waals surface area contributed by atoms with E-state index in [-0.39, 0.29) is 6.42 Å². The van der Waals surface area contributed by atoms with Crippen LogP contribution in [0.5, 0.6) is 0 Å². The lowest BCUT2D eigenvalue weighted by Crippen LogP contribution is -2.47. The highest BCUT2D eigenvalue weighted by Crippen LogP contribution is 2.33. The van der Waals surface area contributed by atoms with E-state index >= 15 is 0 Å². The van der Waals surface area contributed by atoms with Crippen molar-refractivity contribution in [3.8, 4) is 0 Å². The molecule has 1 aromatic heterocycles. The zero-order valence-electron chi connectivity index (χ0n) is 17.9. The lowest BCUT2D eigenvalue weighted by molar-refractivity contribution is -0.136. The second kappa shape index (κ2) is 9.55. The monoisotopic (exact) mass is 457 g/mol. The maximum absolute atomic E-state index is 11.1. The van der Waals surface area contributed by atoms with Crippen LogP contribution in [0.25, 0.3) is 10.2 Å². The van der Waals surface area contributed by atoms with Crippen LogP contribution < -0.4 is 4.90 Å². The SMILES string of the molecule is CC(C)N(Cc1cccc(CC(=O)O)c1)C1CCN(c2nc3ccc(Cl)cc3s2)CC1. The van der Waals surface area contributed by atoms with Crippen LogP contribution in [0.4, 0.5) is 5.13 Å². The number of benzene rings is 2. The van der Waals surface area contributed by atoms with Gasteiger partial charge in [0.1, 0.15) is 0 Å². The number of piperidine rings is 1. The van der Waals surface area contributed by atoms with Crippen molar-refractivity contribution in [3.05, 3.63) is 58.6 Å². The molecule has 0 atom stereocenters. The number of hydrogen-bond donors (Lipinski definition) is 1. The Morgan fingerprint density at radius 2 is 1.97 bits per heavy atom. The minimum Gasteiger partial charge on any atom is -0.481 e. The summed E-state index contributed by atoms with van der Waals surface area (Å²) in [6, 6.07) is 14.8. The van der Waals surface area contributed by atoms with Crippen molar-refractivity contribution >= 4 is 44.3 Å². The molecule has 1 aliphatic rings. The second-order valence-electron chi connectivity index (χ2n) is 8.48. The first kappa shape index (κ1) is 22.1. The number of rotatable bonds is 7. The van der Waals surface area contributed by atoms with Crippen molar-refractivity contribution in [2.75, 3.05) is 18.0 Å². The van der Waals surface area contributed by atoms with Crippen molar-refractivity contribution in [1.82, 2.24) is 9.88 Å². The fraction of sp³-hybridized carbons (Fsp3) is 0.417. The van der Waals surface area contributed by atoms with Crippen LogP contribution in [-0.2, 0) is 17.8 Å². The number of thiazole rings is 1. The Hall–Kier alpha value is -2.15. The average molecular weight is 458 g/mol. The molecule has 3 aromatic rings. The van der Waals surface area contributed by atoms with E-state index in [1.54, 1.807) is 11.3 Å². The molecule has 1 N–H and O–H groups in total. The highest BCUT2D eigenvalue weighted by molar-refractivity contribution is 7.22. The minimum atomic E-state index is -0.789. The van der Waals surface area contributed by atoms with Gasteiger partial charge in [-0.15, -0.1) is 0 Å². The van der Waals surface area contributed by atoms with E-state index in [0.717, 1.165) is 58.4 Å². The molecule has 0 saturated carbocycles. The molecule has 164 valence electrons. The third-order valence-corrected chi connectivity index (χ3v) is 7.23. The molecule has 0 radical (unpaired) electrons. The summed E-state index contributed by atoms with van der Waals surface area (Å²) in [7, 11) is 0. The summed E-state index contributed by atoms with van der Waals surface area (Å²) in [5, 5.41) is 10.9. The Labute approximate surface area is 192 Å². The largest absolute Gasteiger partial charge is 0.481 e. The van der Waals surface area contributed by atoms with Crippen LogP contribution in [0.1, 0.15) is 37.8 Å². The fourth-order valence-corrected chi connectivity index (χ4v) is 5.66. The topological polar surface area (TPSA) is 56.7 Å². The van der Waals surface area contributed by atoms with Crippen LogP contribution in [-0.4, -0.2) is 46.1 Å². The quantitative estimate of drug-likeness (QED) is 0.510. The molecule has 2 heterocycles. The summed E-state index contributed by atoms with van der Waals surface area (Å²) in [5.41, 5.74) is 3.05. The number of aromatic nitrogens is 1. The maximum Gasteiger partial charge on any atom is 0.307 e. The lowest BCUT2D eigenvalue weighted by Gasteiger charge is -2.40. The molecule has 5 nitrogen and oxygen atoms in total. The molecule has 31 heavy (non-hydrogen) atoms.